The summed E-state index contributed by atoms with van der Waals surface area (Å²) in [6.45, 7) is 0. The Bertz CT molecular complexity index is 166. The molecule has 1 heterocycles. The Morgan fingerprint density at radius 1 is 1.67 bits per heavy atom. The van der Waals surface area contributed by atoms with Gasteiger partial charge in [0, 0.05) is 12.4 Å². The van der Waals surface area contributed by atoms with Gasteiger partial charge in [-0.25, -0.2) is 13.6 Å². The Morgan fingerprint density at radius 2 is 2.44 bits per heavy atom. The van der Waals surface area contributed by atoms with Gasteiger partial charge in [-0.1, -0.05) is 0 Å². The number of halogens is 2. The first-order valence-electron chi connectivity index (χ1n) is 2.23. The van der Waals surface area contributed by atoms with E-state index < -0.39 is 7.47 Å². The Labute approximate surface area is 50.3 Å². The summed E-state index contributed by atoms with van der Waals surface area (Å²) in [5, 5.41) is 0. The van der Waals surface area contributed by atoms with Crippen molar-refractivity contribution in [2.24, 2.45) is 0 Å². The second-order valence-electron chi connectivity index (χ2n) is 1.27. The third-order valence-corrected chi connectivity index (χ3v) is 0.674. The van der Waals surface area contributed by atoms with E-state index >= 15 is 0 Å². The molecule has 0 bridgehead atoms. The number of H-pyrrole nitrogens is 1. The highest BCUT2D eigenvalue weighted by molar-refractivity contribution is 6.35. The third-order valence-electron chi connectivity index (χ3n) is 0.674. The monoisotopic (exact) mass is 132 g/mol. The van der Waals surface area contributed by atoms with Gasteiger partial charge in [0.15, 0.2) is 0 Å². The van der Waals surface area contributed by atoms with E-state index in [9.17, 15) is 8.63 Å². The lowest BCUT2D eigenvalue weighted by Gasteiger charge is -1.92. The van der Waals surface area contributed by atoms with Crippen LogP contribution in [0.3, 0.4) is 0 Å². The molecule has 1 N–H and O–H groups in total. The summed E-state index contributed by atoms with van der Waals surface area (Å²) >= 11 is 0. The van der Waals surface area contributed by atoms with Crippen LogP contribution in [0.4, 0.5) is 8.63 Å². The molecule has 0 aliphatic rings. The molecule has 48 valence electrons. The molecule has 0 aliphatic carbocycles. The molecule has 0 saturated carbocycles. The van der Waals surface area contributed by atoms with Crippen LogP contribution in [0.2, 0.25) is 0 Å². The van der Waals surface area contributed by atoms with Crippen LogP contribution >= 0.6 is 0 Å². The van der Waals surface area contributed by atoms with Gasteiger partial charge < -0.3 is 9.64 Å². The molecule has 0 aliphatic heterocycles. The number of nitrogens with zero attached hydrogens (tertiary/aromatic N) is 1. The van der Waals surface area contributed by atoms with E-state index in [1.165, 1.54) is 12.4 Å². The summed E-state index contributed by atoms with van der Waals surface area (Å²) in [6, 6.07) is -0.162. The average molecular weight is 132 g/mol. The van der Waals surface area contributed by atoms with E-state index in [2.05, 4.69) is 14.6 Å². The molecular formula is C3H3BF2N2O. The van der Waals surface area contributed by atoms with Crippen LogP contribution in [-0.2, 0) is 0 Å². The predicted octanol–water partition coefficient (Wildman–Crippen LogP) is 0.712. The van der Waals surface area contributed by atoms with Crippen molar-refractivity contribution in [2.75, 3.05) is 0 Å². The number of nitrogens with one attached hydrogen (secondary N) is 1. The van der Waals surface area contributed by atoms with Crippen LogP contribution in [0.5, 0.6) is 6.01 Å². The van der Waals surface area contributed by atoms with Crippen molar-refractivity contribution in [1.29, 1.82) is 0 Å². The molecule has 9 heavy (non-hydrogen) atoms. The lowest BCUT2D eigenvalue weighted by atomic mass is 10.4. The third kappa shape index (κ3) is 1.71. The Kier molecular flexibility index (Phi) is 1.67. The van der Waals surface area contributed by atoms with Crippen LogP contribution in [-0.4, -0.2) is 17.4 Å². The molecule has 6 heteroatoms. The van der Waals surface area contributed by atoms with Crippen LogP contribution in [0, 0.1) is 0 Å². The molecule has 0 radical (unpaired) electrons. The maximum atomic E-state index is 11.3. The van der Waals surface area contributed by atoms with Crippen molar-refractivity contribution < 1.29 is 13.3 Å². The fourth-order valence-electron chi connectivity index (χ4n) is 0.400. The molecule has 3 nitrogen and oxygen atoms in total. The minimum Gasteiger partial charge on any atom is -0.477 e. The maximum absolute atomic E-state index is 11.3. The molecule has 1 aromatic heterocycles. The summed E-state index contributed by atoms with van der Waals surface area (Å²) in [6.07, 6.45) is 2.73. The zero-order valence-electron chi connectivity index (χ0n) is 4.34. The average Bonchev–Trinajstić information content (AvgIpc) is 2.15. The number of hydrogen-bond donors (Lipinski definition) is 1. The fourth-order valence-corrected chi connectivity index (χ4v) is 0.400. The minimum absolute atomic E-state index is 0.162. The zero-order chi connectivity index (χ0) is 6.69. The Morgan fingerprint density at radius 3 is 2.89 bits per heavy atom. The van der Waals surface area contributed by atoms with E-state index in [1.807, 2.05) is 0 Å². The van der Waals surface area contributed by atoms with Gasteiger partial charge in [0.2, 0.25) is 0 Å². The highest BCUT2D eigenvalue weighted by atomic mass is 19.2. The smallest absolute Gasteiger partial charge is 0.477 e. The summed E-state index contributed by atoms with van der Waals surface area (Å²) in [7, 11) is -2.81. The van der Waals surface area contributed by atoms with Crippen molar-refractivity contribution in [1.82, 2.24) is 9.97 Å². The first-order valence-corrected chi connectivity index (χ1v) is 2.23. The SMILES string of the molecule is FB(F)Oc1ncc[nH]1. The number of hydrogen-bond acceptors (Lipinski definition) is 2. The molecule has 0 spiro atoms. The first kappa shape index (κ1) is 6.06. The molecule has 0 unspecified atom stereocenters. The lowest BCUT2D eigenvalue weighted by Crippen LogP contribution is -2.09. The van der Waals surface area contributed by atoms with Gasteiger partial charge in [0.25, 0.3) is 6.01 Å². The summed E-state index contributed by atoms with van der Waals surface area (Å²) in [4.78, 5) is 5.75. The largest absolute Gasteiger partial charge is 0.798 e. The van der Waals surface area contributed by atoms with Gasteiger partial charge in [-0.3, -0.25) is 0 Å². The topological polar surface area (TPSA) is 37.9 Å². The minimum atomic E-state index is -2.81. The van der Waals surface area contributed by atoms with Crippen molar-refractivity contribution in [3.05, 3.63) is 12.4 Å². The normalized spacial score (nSPS) is 9.11. The molecular weight excluding hydrogens is 129 g/mol. The first-order chi connectivity index (χ1) is 4.29. The van der Waals surface area contributed by atoms with Crippen molar-refractivity contribution in [3.8, 4) is 6.01 Å². The van der Waals surface area contributed by atoms with Crippen LogP contribution in [0.1, 0.15) is 0 Å². The number of rotatable bonds is 2. The van der Waals surface area contributed by atoms with Crippen LogP contribution in [0.15, 0.2) is 12.4 Å². The lowest BCUT2D eigenvalue weighted by molar-refractivity contribution is 0.405. The van der Waals surface area contributed by atoms with Crippen LogP contribution < -0.4 is 4.65 Å². The Hall–Kier alpha value is -1.07. The zero-order valence-corrected chi connectivity index (χ0v) is 4.34. The highest BCUT2D eigenvalue weighted by Gasteiger charge is 2.18. The molecule has 0 fully saturated rings. The van der Waals surface area contributed by atoms with Gasteiger partial charge in [-0.05, 0) is 0 Å². The van der Waals surface area contributed by atoms with Crippen LogP contribution in [0.25, 0.3) is 0 Å². The summed E-state index contributed by atoms with van der Waals surface area (Å²) in [5.74, 6) is 0. The van der Waals surface area contributed by atoms with Crippen molar-refractivity contribution >= 4 is 7.47 Å². The quantitative estimate of drug-likeness (QED) is 0.601. The number of aromatic nitrogens is 2. The van der Waals surface area contributed by atoms with E-state index in [0.717, 1.165) is 0 Å². The molecule has 0 atom stereocenters. The van der Waals surface area contributed by atoms with E-state index in [1.54, 1.807) is 0 Å². The number of imidazole rings is 1. The van der Waals surface area contributed by atoms with E-state index in [4.69, 9.17) is 0 Å². The van der Waals surface area contributed by atoms with Crippen molar-refractivity contribution in [3.63, 3.8) is 0 Å². The second-order valence-corrected chi connectivity index (χ2v) is 1.27. The predicted molar refractivity (Wildman–Crippen MR) is 27.2 cm³/mol. The Balaban J connectivity index is 2.48. The molecule has 1 aromatic rings. The maximum Gasteiger partial charge on any atom is 0.798 e. The standard InChI is InChI=1S/C3H3BF2N2O/c5-4(6)9-3-7-1-2-8-3/h1-2H,(H,7,8). The molecule has 0 amide bonds. The summed E-state index contributed by atoms with van der Waals surface area (Å²) in [5.41, 5.74) is 0. The second kappa shape index (κ2) is 2.47. The van der Waals surface area contributed by atoms with Gasteiger partial charge >= 0.3 is 7.47 Å². The van der Waals surface area contributed by atoms with Gasteiger partial charge in [-0.2, -0.15) is 0 Å². The number of aromatic amines is 1. The highest BCUT2D eigenvalue weighted by Crippen LogP contribution is 2.00. The molecule has 1 rings (SSSR count). The molecule has 0 saturated heterocycles. The van der Waals surface area contributed by atoms with Gasteiger partial charge in [-0.15, -0.1) is 0 Å². The van der Waals surface area contributed by atoms with E-state index in [0.29, 0.717) is 0 Å². The van der Waals surface area contributed by atoms with Gasteiger partial charge in [0.1, 0.15) is 0 Å². The van der Waals surface area contributed by atoms with Gasteiger partial charge in [0.05, 0.1) is 0 Å². The summed E-state index contributed by atoms with van der Waals surface area (Å²) < 4.78 is 26.5. The van der Waals surface area contributed by atoms with E-state index in [-0.39, 0.29) is 6.01 Å². The van der Waals surface area contributed by atoms with Crippen molar-refractivity contribution in [2.45, 2.75) is 0 Å². The fraction of sp³-hybridized carbons (Fsp3) is 0. The molecule has 0 aromatic carbocycles.